The Balaban J connectivity index is 2.77. The second-order valence-electron chi connectivity index (χ2n) is 4.47. The second kappa shape index (κ2) is 6.32. The van der Waals surface area contributed by atoms with E-state index in [4.69, 9.17) is 0 Å². The normalized spacial score (nSPS) is 13.6. The Bertz CT molecular complexity index is 428. The highest BCUT2D eigenvalue weighted by molar-refractivity contribution is 5.28. The molecule has 0 aliphatic carbocycles. The van der Waals surface area contributed by atoms with Gasteiger partial charge in [-0.05, 0) is 38.4 Å². The van der Waals surface area contributed by atoms with Crippen LogP contribution in [0.2, 0.25) is 0 Å². The fourth-order valence-corrected chi connectivity index (χ4v) is 1.91. The summed E-state index contributed by atoms with van der Waals surface area (Å²) in [5.74, 6) is -1.40. The first kappa shape index (κ1) is 15.9. The summed E-state index contributed by atoms with van der Waals surface area (Å²) < 4.78 is 62.9. The molecule has 0 bridgehead atoms. The van der Waals surface area contributed by atoms with Crippen LogP contribution in [0.4, 0.5) is 22.0 Å². The van der Waals surface area contributed by atoms with Crippen LogP contribution in [0.5, 0.6) is 0 Å². The quantitative estimate of drug-likeness (QED) is 0.795. The molecule has 1 atom stereocenters. The SMILES string of the molecule is CNC(CCCC(F)(F)F)c1cc(C)c(F)cc1F. The molecule has 1 unspecified atom stereocenters. The minimum Gasteiger partial charge on any atom is -0.313 e. The first-order valence-electron chi connectivity index (χ1n) is 5.94. The topological polar surface area (TPSA) is 12.0 Å². The predicted octanol–water partition coefficient (Wildman–Crippen LogP) is 4.27. The van der Waals surface area contributed by atoms with E-state index in [0.717, 1.165) is 6.07 Å². The van der Waals surface area contributed by atoms with Gasteiger partial charge in [0.05, 0.1) is 0 Å². The predicted molar refractivity (Wildman–Crippen MR) is 62.8 cm³/mol. The van der Waals surface area contributed by atoms with Gasteiger partial charge in [0.25, 0.3) is 0 Å². The van der Waals surface area contributed by atoms with Gasteiger partial charge in [-0.3, -0.25) is 0 Å². The van der Waals surface area contributed by atoms with Crippen LogP contribution >= 0.6 is 0 Å². The molecule has 0 amide bonds. The third-order valence-corrected chi connectivity index (χ3v) is 2.95. The zero-order chi connectivity index (χ0) is 14.6. The Kier molecular flexibility index (Phi) is 5.29. The molecule has 0 saturated carbocycles. The molecule has 0 saturated heterocycles. The summed E-state index contributed by atoms with van der Waals surface area (Å²) in [5.41, 5.74) is 0.469. The fraction of sp³-hybridized carbons (Fsp3) is 0.538. The van der Waals surface area contributed by atoms with E-state index in [1.165, 1.54) is 20.0 Å². The Morgan fingerprint density at radius 2 is 1.79 bits per heavy atom. The first-order chi connectivity index (χ1) is 8.74. The average molecular weight is 281 g/mol. The molecule has 1 aromatic rings. The van der Waals surface area contributed by atoms with Gasteiger partial charge in [-0.25, -0.2) is 8.78 Å². The molecule has 1 rings (SSSR count). The van der Waals surface area contributed by atoms with E-state index >= 15 is 0 Å². The van der Waals surface area contributed by atoms with Crippen molar-refractivity contribution in [1.82, 2.24) is 5.32 Å². The van der Waals surface area contributed by atoms with E-state index < -0.39 is 30.3 Å². The number of benzene rings is 1. The van der Waals surface area contributed by atoms with E-state index in [2.05, 4.69) is 5.32 Å². The Morgan fingerprint density at radius 1 is 1.16 bits per heavy atom. The standard InChI is InChI=1S/C13H16F5N/c1-8-6-9(11(15)7-10(8)14)12(19-2)4-3-5-13(16,17)18/h6-7,12,19H,3-5H2,1-2H3. The largest absolute Gasteiger partial charge is 0.389 e. The van der Waals surface area contributed by atoms with Gasteiger partial charge in [0, 0.05) is 24.1 Å². The highest BCUT2D eigenvalue weighted by atomic mass is 19.4. The average Bonchev–Trinajstić information content (AvgIpc) is 2.29. The molecule has 0 fully saturated rings. The molecule has 19 heavy (non-hydrogen) atoms. The number of hydrogen-bond donors (Lipinski definition) is 1. The van der Waals surface area contributed by atoms with Crippen LogP contribution in [0.15, 0.2) is 12.1 Å². The molecular formula is C13H16F5N. The van der Waals surface area contributed by atoms with Crippen LogP contribution < -0.4 is 5.32 Å². The highest BCUT2D eigenvalue weighted by Crippen LogP contribution is 2.28. The van der Waals surface area contributed by atoms with E-state index in [9.17, 15) is 22.0 Å². The molecule has 1 nitrogen and oxygen atoms in total. The summed E-state index contributed by atoms with van der Waals surface area (Å²) in [4.78, 5) is 0. The monoisotopic (exact) mass is 281 g/mol. The zero-order valence-electron chi connectivity index (χ0n) is 10.7. The number of rotatable bonds is 5. The molecular weight excluding hydrogens is 265 g/mol. The summed E-state index contributed by atoms with van der Waals surface area (Å²) in [6.45, 7) is 1.49. The van der Waals surface area contributed by atoms with E-state index in [1.54, 1.807) is 0 Å². The van der Waals surface area contributed by atoms with Gasteiger partial charge in [0.15, 0.2) is 0 Å². The van der Waals surface area contributed by atoms with Crippen molar-refractivity contribution >= 4 is 0 Å². The summed E-state index contributed by atoms with van der Waals surface area (Å²) in [7, 11) is 1.54. The summed E-state index contributed by atoms with van der Waals surface area (Å²) in [5, 5.41) is 2.76. The van der Waals surface area contributed by atoms with Gasteiger partial charge in [-0.1, -0.05) is 0 Å². The van der Waals surface area contributed by atoms with Crippen LogP contribution in [0.1, 0.15) is 36.4 Å². The molecule has 0 radical (unpaired) electrons. The highest BCUT2D eigenvalue weighted by Gasteiger charge is 2.27. The van der Waals surface area contributed by atoms with Crippen LogP contribution in [-0.4, -0.2) is 13.2 Å². The lowest BCUT2D eigenvalue weighted by Gasteiger charge is -2.18. The number of nitrogens with one attached hydrogen (secondary N) is 1. The lowest BCUT2D eigenvalue weighted by atomic mass is 9.98. The molecule has 1 aromatic carbocycles. The van der Waals surface area contributed by atoms with E-state index in [-0.39, 0.29) is 24.0 Å². The first-order valence-corrected chi connectivity index (χ1v) is 5.94. The molecule has 0 heterocycles. The Morgan fingerprint density at radius 3 is 2.32 bits per heavy atom. The minimum atomic E-state index is -4.21. The van der Waals surface area contributed by atoms with Crippen molar-refractivity contribution in [3.05, 3.63) is 34.9 Å². The summed E-state index contributed by atoms with van der Waals surface area (Å²) in [6.07, 6.45) is -5.09. The molecule has 0 spiro atoms. The smallest absolute Gasteiger partial charge is 0.313 e. The zero-order valence-corrected chi connectivity index (χ0v) is 10.7. The van der Waals surface area contributed by atoms with Crippen molar-refractivity contribution < 1.29 is 22.0 Å². The summed E-state index contributed by atoms with van der Waals surface area (Å²) in [6, 6.07) is 1.54. The third kappa shape index (κ3) is 4.78. The number of alkyl halides is 3. The van der Waals surface area contributed by atoms with Gasteiger partial charge in [0.2, 0.25) is 0 Å². The maximum absolute atomic E-state index is 13.6. The van der Waals surface area contributed by atoms with Crippen LogP contribution in [0.25, 0.3) is 0 Å². The van der Waals surface area contributed by atoms with Gasteiger partial charge in [-0.2, -0.15) is 13.2 Å². The van der Waals surface area contributed by atoms with Crippen molar-refractivity contribution in [2.75, 3.05) is 7.05 Å². The van der Waals surface area contributed by atoms with Crippen LogP contribution in [0, 0.1) is 18.6 Å². The third-order valence-electron chi connectivity index (χ3n) is 2.95. The van der Waals surface area contributed by atoms with E-state index in [0.29, 0.717) is 0 Å². The van der Waals surface area contributed by atoms with Gasteiger partial charge in [0.1, 0.15) is 11.6 Å². The lowest BCUT2D eigenvalue weighted by molar-refractivity contribution is -0.135. The molecule has 1 N–H and O–H groups in total. The summed E-state index contributed by atoms with van der Waals surface area (Å²) >= 11 is 0. The molecule has 0 aliphatic rings. The Labute approximate surface area is 108 Å². The molecule has 108 valence electrons. The molecule has 0 aliphatic heterocycles. The van der Waals surface area contributed by atoms with Crippen molar-refractivity contribution in [1.29, 1.82) is 0 Å². The second-order valence-corrected chi connectivity index (χ2v) is 4.47. The lowest BCUT2D eigenvalue weighted by Crippen LogP contribution is -2.19. The van der Waals surface area contributed by atoms with Crippen molar-refractivity contribution in [2.24, 2.45) is 0 Å². The molecule has 6 heteroatoms. The van der Waals surface area contributed by atoms with E-state index in [1.807, 2.05) is 0 Å². The number of aryl methyl sites for hydroxylation is 1. The van der Waals surface area contributed by atoms with Crippen molar-refractivity contribution in [2.45, 2.75) is 38.4 Å². The maximum atomic E-state index is 13.6. The van der Waals surface area contributed by atoms with Gasteiger partial charge >= 0.3 is 6.18 Å². The van der Waals surface area contributed by atoms with Crippen molar-refractivity contribution in [3.8, 4) is 0 Å². The van der Waals surface area contributed by atoms with Gasteiger partial charge in [-0.15, -0.1) is 0 Å². The van der Waals surface area contributed by atoms with Crippen LogP contribution in [-0.2, 0) is 0 Å². The maximum Gasteiger partial charge on any atom is 0.389 e. The Hall–Kier alpha value is -1.17. The molecule has 0 aromatic heterocycles. The van der Waals surface area contributed by atoms with Gasteiger partial charge < -0.3 is 5.32 Å². The number of hydrogen-bond acceptors (Lipinski definition) is 1. The number of halogens is 5. The van der Waals surface area contributed by atoms with Crippen LogP contribution in [0.3, 0.4) is 0 Å². The minimum absolute atomic E-state index is 0.106. The fourth-order valence-electron chi connectivity index (χ4n) is 1.91. The van der Waals surface area contributed by atoms with Crippen molar-refractivity contribution in [3.63, 3.8) is 0 Å².